The van der Waals surface area contributed by atoms with Crippen LogP contribution in [0.2, 0.25) is 5.02 Å². The minimum Gasteiger partial charge on any atom is -0.459 e. The highest BCUT2D eigenvalue weighted by Gasteiger charge is 2.34. The largest absolute Gasteiger partial charge is 0.459 e. The van der Waals surface area contributed by atoms with E-state index in [-0.39, 0.29) is 30.0 Å². The number of sulfone groups is 1. The summed E-state index contributed by atoms with van der Waals surface area (Å²) in [5, 5.41) is 0.620. The van der Waals surface area contributed by atoms with Crippen LogP contribution in [0, 0.1) is 0 Å². The maximum absolute atomic E-state index is 12.3. The lowest BCUT2D eigenvalue weighted by Crippen LogP contribution is -2.40. The molecule has 1 aromatic carbocycles. The van der Waals surface area contributed by atoms with Crippen LogP contribution in [-0.2, 0) is 21.2 Å². The lowest BCUT2D eigenvalue weighted by atomic mass is 10.2. The lowest BCUT2D eigenvalue weighted by Gasteiger charge is -2.27. The van der Waals surface area contributed by atoms with E-state index in [1.165, 1.54) is 0 Å². The smallest absolute Gasteiger partial charge is 0.222 e. The van der Waals surface area contributed by atoms with Crippen molar-refractivity contribution < 1.29 is 17.6 Å². The average Bonchev–Trinajstić information content (AvgIpc) is 3.18. The van der Waals surface area contributed by atoms with Gasteiger partial charge in [0.1, 0.15) is 11.5 Å². The summed E-state index contributed by atoms with van der Waals surface area (Å²) >= 11 is 6.01. The maximum Gasteiger partial charge on any atom is 0.222 e. The van der Waals surface area contributed by atoms with Gasteiger partial charge in [0.15, 0.2) is 9.84 Å². The zero-order chi connectivity index (χ0) is 18.0. The number of hydrogen-bond donors (Lipinski definition) is 0. The van der Waals surface area contributed by atoms with Gasteiger partial charge in [0, 0.05) is 23.0 Å². The molecule has 0 N–H and O–H groups in total. The van der Waals surface area contributed by atoms with Gasteiger partial charge in [-0.25, -0.2) is 8.42 Å². The molecule has 1 saturated heterocycles. The predicted molar refractivity (Wildman–Crippen MR) is 97.1 cm³/mol. The van der Waals surface area contributed by atoms with E-state index in [1.54, 1.807) is 17.9 Å². The number of rotatable bonds is 5. The Bertz CT molecular complexity index is 875. The zero-order valence-electron chi connectivity index (χ0n) is 13.9. The van der Waals surface area contributed by atoms with Gasteiger partial charge in [-0.3, -0.25) is 4.79 Å². The lowest BCUT2D eigenvalue weighted by molar-refractivity contribution is -0.133. The molecule has 134 valence electrons. The van der Waals surface area contributed by atoms with E-state index in [4.69, 9.17) is 16.0 Å². The van der Waals surface area contributed by atoms with Gasteiger partial charge in [-0.1, -0.05) is 30.7 Å². The molecule has 1 atom stereocenters. The number of hydrogen-bond acceptors (Lipinski definition) is 4. The van der Waals surface area contributed by atoms with Gasteiger partial charge in [-0.2, -0.15) is 0 Å². The molecule has 1 fully saturated rings. The van der Waals surface area contributed by atoms with E-state index in [0.717, 1.165) is 5.56 Å². The first-order valence-corrected chi connectivity index (χ1v) is 10.4. The number of amides is 1. The summed E-state index contributed by atoms with van der Waals surface area (Å²) in [6, 6.07) is 10.7. The fourth-order valence-electron chi connectivity index (χ4n) is 3.07. The minimum absolute atomic E-state index is 0.0284. The number of furan rings is 1. The molecule has 3 rings (SSSR count). The Morgan fingerprint density at radius 2 is 2.12 bits per heavy atom. The third-order valence-corrected chi connectivity index (χ3v) is 6.35. The van der Waals surface area contributed by atoms with Crippen LogP contribution in [0.5, 0.6) is 0 Å². The summed E-state index contributed by atoms with van der Waals surface area (Å²) in [6.45, 7) is 2.05. The van der Waals surface area contributed by atoms with Crippen LogP contribution in [0.15, 0.2) is 40.8 Å². The maximum atomic E-state index is 12.3. The van der Waals surface area contributed by atoms with Crippen LogP contribution in [0.25, 0.3) is 11.3 Å². The third-order valence-electron chi connectivity index (χ3n) is 4.37. The molecule has 0 aliphatic carbocycles. The van der Waals surface area contributed by atoms with Crippen molar-refractivity contribution in [3.63, 3.8) is 0 Å². The van der Waals surface area contributed by atoms with Crippen LogP contribution in [0.3, 0.4) is 0 Å². The van der Waals surface area contributed by atoms with Gasteiger partial charge in [0.25, 0.3) is 0 Å². The topological polar surface area (TPSA) is 67.6 Å². The molecule has 5 nitrogen and oxygen atoms in total. The highest BCUT2D eigenvalue weighted by Crippen LogP contribution is 2.27. The first-order valence-electron chi connectivity index (χ1n) is 8.22. The Hall–Kier alpha value is -1.79. The summed E-state index contributed by atoms with van der Waals surface area (Å²) in [7, 11) is -3.06. The van der Waals surface area contributed by atoms with E-state index < -0.39 is 9.84 Å². The monoisotopic (exact) mass is 381 g/mol. The van der Waals surface area contributed by atoms with E-state index in [0.29, 0.717) is 29.4 Å². The van der Waals surface area contributed by atoms with Crippen LogP contribution in [0.1, 0.15) is 25.5 Å². The summed E-state index contributed by atoms with van der Waals surface area (Å²) in [5.74, 6) is 1.39. The van der Waals surface area contributed by atoms with Gasteiger partial charge < -0.3 is 9.32 Å². The molecule has 1 aromatic heterocycles. The average molecular weight is 382 g/mol. The molecule has 0 unspecified atom stereocenters. The Kier molecular flexibility index (Phi) is 5.20. The first-order chi connectivity index (χ1) is 11.9. The van der Waals surface area contributed by atoms with Crippen LogP contribution >= 0.6 is 11.6 Å². The zero-order valence-corrected chi connectivity index (χ0v) is 15.5. The van der Waals surface area contributed by atoms with E-state index in [1.807, 2.05) is 30.3 Å². The predicted octanol–water partition coefficient (Wildman–Crippen LogP) is 3.53. The number of carbonyl (C=O) groups is 1. The molecule has 1 aliphatic rings. The molecule has 0 spiro atoms. The normalized spacial score (nSPS) is 19.0. The van der Waals surface area contributed by atoms with Crippen LogP contribution in [0.4, 0.5) is 0 Å². The SMILES string of the molecule is CCC(=O)N(Cc1ccc(-c2cccc(Cl)c2)o1)[C@H]1CCS(=O)(=O)C1. The Morgan fingerprint density at radius 1 is 1.32 bits per heavy atom. The molecular formula is C18H20ClNO4S. The molecule has 0 bridgehead atoms. The molecule has 7 heteroatoms. The molecule has 1 amide bonds. The van der Waals surface area contributed by atoms with Crippen LogP contribution < -0.4 is 0 Å². The number of carbonyl (C=O) groups excluding carboxylic acids is 1. The molecular weight excluding hydrogens is 362 g/mol. The van der Waals surface area contributed by atoms with Crippen LogP contribution in [-0.4, -0.2) is 36.8 Å². The highest BCUT2D eigenvalue weighted by atomic mass is 35.5. The van der Waals surface area contributed by atoms with Crippen molar-refractivity contribution in [3.8, 4) is 11.3 Å². The van der Waals surface area contributed by atoms with E-state index in [9.17, 15) is 13.2 Å². The summed E-state index contributed by atoms with van der Waals surface area (Å²) in [4.78, 5) is 13.9. The van der Waals surface area contributed by atoms with Gasteiger partial charge in [0.2, 0.25) is 5.91 Å². The Balaban J connectivity index is 1.80. The minimum atomic E-state index is -3.06. The highest BCUT2D eigenvalue weighted by molar-refractivity contribution is 7.91. The third kappa shape index (κ3) is 4.25. The second-order valence-electron chi connectivity index (χ2n) is 6.21. The fourth-order valence-corrected chi connectivity index (χ4v) is 4.99. The summed E-state index contributed by atoms with van der Waals surface area (Å²) in [5.41, 5.74) is 0.857. The second kappa shape index (κ2) is 7.22. The number of benzene rings is 1. The van der Waals surface area contributed by atoms with Gasteiger partial charge in [-0.15, -0.1) is 0 Å². The van der Waals surface area contributed by atoms with Gasteiger partial charge in [-0.05, 0) is 30.7 Å². The van der Waals surface area contributed by atoms with Gasteiger partial charge >= 0.3 is 0 Å². The quantitative estimate of drug-likeness (QED) is 0.794. The van der Waals surface area contributed by atoms with E-state index >= 15 is 0 Å². The van der Waals surface area contributed by atoms with Crippen molar-refractivity contribution in [2.45, 2.75) is 32.4 Å². The second-order valence-corrected chi connectivity index (χ2v) is 8.87. The molecule has 1 aliphatic heterocycles. The van der Waals surface area contributed by atoms with Crippen molar-refractivity contribution in [1.82, 2.24) is 4.90 Å². The van der Waals surface area contributed by atoms with Crippen molar-refractivity contribution in [1.29, 1.82) is 0 Å². The standard InChI is InChI=1S/C18H20ClNO4S/c1-2-18(21)20(15-8-9-25(22,23)12-15)11-16-6-7-17(24-16)13-4-3-5-14(19)10-13/h3-7,10,15H,2,8-9,11-12H2,1H3/t15-/m0/s1. The molecule has 2 aromatic rings. The number of nitrogens with zero attached hydrogens (tertiary/aromatic N) is 1. The molecule has 0 radical (unpaired) electrons. The Labute approximate surface area is 152 Å². The van der Waals surface area contributed by atoms with Crippen molar-refractivity contribution in [2.75, 3.05) is 11.5 Å². The van der Waals surface area contributed by atoms with Crippen molar-refractivity contribution in [2.24, 2.45) is 0 Å². The first kappa shape index (κ1) is 18.0. The van der Waals surface area contributed by atoms with E-state index in [2.05, 4.69) is 0 Å². The molecule has 2 heterocycles. The fraction of sp³-hybridized carbons (Fsp3) is 0.389. The van der Waals surface area contributed by atoms with Crippen molar-refractivity contribution in [3.05, 3.63) is 47.2 Å². The summed E-state index contributed by atoms with van der Waals surface area (Å²) < 4.78 is 29.4. The Morgan fingerprint density at radius 3 is 2.76 bits per heavy atom. The van der Waals surface area contributed by atoms with Gasteiger partial charge in [0.05, 0.1) is 18.1 Å². The summed E-state index contributed by atoms with van der Waals surface area (Å²) in [6.07, 6.45) is 0.814. The number of halogens is 1. The van der Waals surface area contributed by atoms with Crippen molar-refractivity contribution >= 4 is 27.3 Å². The molecule has 25 heavy (non-hydrogen) atoms. The molecule has 0 saturated carbocycles.